The van der Waals surface area contributed by atoms with E-state index in [4.69, 9.17) is 14.7 Å². The lowest BCUT2D eigenvalue weighted by molar-refractivity contribution is -0.115. The molecule has 0 saturated carbocycles. The summed E-state index contributed by atoms with van der Waals surface area (Å²) in [4.78, 5) is 13.9. The number of piperidine rings is 1. The average molecular weight is 331 g/mol. The van der Waals surface area contributed by atoms with Gasteiger partial charge in [0.05, 0.1) is 19.8 Å². The first-order valence-electron chi connectivity index (χ1n) is 8.43. The van der Waals surface area contributed by atoms with E-state index >= 15 is 0 Å². The SMILES string of the molecule is COc1cc(NC(=O)CC#N)ccc1OCCCN1CCCCC1. The number of hydrogen-bond acceptors (Lipinski definition) is 5. The molecule has 2 rings (SSSR count). The molecular weight excluding hydrogens is 306 g/mol. The second-order valence-electron chi connectivity index (χ2n) is 5.85. The highest BCUT2D eigenvalue weighted by Crippen LogP contribution is 2.30. The Labute approximate surface area is 143 Å². The molecule has 0 aromatic heterocycles. The minimum absolute atomic E-state index is 0.170. The first-order valence-corrected chi connectivity index (χ1v) is 8.43. The summed E-state index contributed by atoms with van der Waals surface area (Å²) in [5.41, 5.74) is 0.591. The maximum Gasteiger partial charge on any atom is 0.238 e. The highest BCUT2D eigenvalue weighted by atomic mass is 16.5. The monoisotopic (exact) mass is 331 g/mol. The van der Waals surface area contributed by atoms with Crippen LogP contribution < -0.4 is 14.8 Å². The van der Waals surface area contributed by atoms with Gasteiger partial charge in [0.15, 0.2) is 11.5 Å². The van der Waals surface area contributed by atoms with Crippen molar-refractivity contribution in [2.24, 2.45) is 0 Å². The number of ether oxygens (including phenoxy) is 2. The normalized spacial score (nSPS) is 14.7. The molecule has 0 spiro atoms. The van der Waals surface area contributed by atoms with Crippen LogP contribution in [0, 0.1) is 11.3 Å². The maximum atomic E-state index is 11.4. The number of likely N-dealkylation sites (tertiary alicyclic amines) is 1. The first-order chi connectivity index (χ1) is 11.7. The molecule has 0 aliphatic carbocycles. The second-order valence-corrected chi connectivity index (χ2v) is 5.85. The summed E-state index contributed by atoms with van der Waals surface area (Å²) in [6.07, 6.45) is 4.75. The fourth-order valence-corrected chi connectivity index (χ4v) is 2.79. The Balaban J connectivity index is 1.81. The van der Waals surface area contributed by atoms with Crippen LogP contribution in [0.25, 0.3) is 0 Å². The summed E-state index contributed by atoms with van der Waals surface area (Å²) in [6.45, 7) is 4.08. The third-order valence-corrected chi connectivity index (χ3v) is 4.01. The Kier molecular flexibility index (Phi) is 7.37. The van der Waals surface area contributed by atoms with Crippen LogP contribution in [0.15, 0.2) is 18.2 Å². The lowest BCUT2D eigenvalue weighted by Gasteiger charge is -2.26. The highest BCUT2D eigenvalue weighted by molar-refractivity contribution is 5.92. The largest absolute Gasteiger partial charge is 0.493 e. The number of amides is 1. The van der Waals surface area contributed by atoms with Crippen LogP contribution >= 0.6 is 0 Å². The summed E-state index contributed by atoms with van der Waals surface area (Å²) >= 11 is 0. The van der Waals surface area contributed by atoms with E-state index < -0.39 is 0 Å². The highest BCUT2D eigenvalue weighted by Gasteiger charge is 2.11. The maximum absolute atomic E-state index is 11.4. The van der Waals surface area contributed by atoms with Crippen LogP contribution in [0.2, 0.25) is 0 Å². The lowest BCUT2D eigenvalue weighted by atomic mass is 10.1. The topological polar surface area (TPSA) is 74.6 Å². The zero-order valence-electron chi connectivity index (χ0n) is 14.2. The van der Waals surface area contributed by atoms with Gasteiger partial charge in [0.1, 0.15) is 6.42 Å². The standard InChI is InChI=1S/C18H25N3O3/c1-23-17-14-15(20-18(22)8-9-19)6-7-16(17)24-13-5-12-21-10-3-2-4-11-21/h6-7,14H,2-5,8,10-13H2,1H3,(H,20,22). The Bertz CT molecular complexity index is 577. The number of benzene rings is 1. The molecule has 1 aromatic rings. The molecule has 1 amide bonds. The van der Waals surface area contributed by atoms with Crippen LogP contribution in [0.3, 0.4) is 0 Å². The molecule has 0 radical (unpaired) electrons. The van der Waals surface area contributed by atoms with Crippen LogP contribution in [0.1, 0.15) is 32.1 Å². The van der Waals surface area contributed by atoms with Gasteiger partial charge in [0, 0.05) is 18.3 Å². The average Bonchev–Trinajstić information content (AvgIpc) is 2.60. The van der Waals surface area contributed by atoms with Gasteiger partial charge >= 0.3 is 0 Å². The van der Waals surface area contributed by atoms with E-state index in [-0.39, 0.29) is 12.3 Å². The molecule has 1 aliphatic heterocycles. The van der Waals surface area contributed by atoms with Gasteiger partial charge in [-0.05, 0) is 44.5 Å². The number of anilines is 1. The second kappa shape index (κ2) is 9.78. The summed E-state index contributed by atoms with van der Waals surface area (Å²) in [6, 6.07) is 7.05. The van der Waals surface area contributed by atoms with Gasteiger partial charge in [-0.3, -0.25) is 4.79 Å². The van der Waals surface area contributed by atoms with Gasteiger partial charge in [-0.1, -0.05) is 6.42 Å². The van der Waals surface area contributed by atoms with E-state index in [9.17, 15) is 4.79 Å². The molecule has 0 bridgehead atoms. The zero-order chi connectivity index (χ0) is 17.2. The minimum atomic E-state index is -0.338. The zero-order valence-corrected chi connectivity index (χ0v) is 14.2. The van der Waals surface area contributed by atoms with Crippen molar-refractivity contribution in [2.45, 2.75) is 32.1 Å². The number of carbonyl (C=O) groups excluding carboxylic acids is 1. The number of nitrogens with one attached hydrogen (secondary N) is 1. The van der Waals surface area contributed by atoms with Gasteiger partial charge in [0.2, 0.25) is 5.91 Å². The molecule has 1 heterocycles. The smallest absolute Gasteiger partial charge is 0.238 e. The summed E-state index contributed by atoms with van der Waals surface area (Å²) in [7, 11) is 1.57. The number of nitrogens with zero attached hydrogens (tertiary/aromatic N) is 2. The number of hydrogen-bond donors (Lipinski definition) is 1. The summed E-state index contributed by atoms with van der Waals surface area (Å²) in [5, 5.41) is 11.2. The quantitative estimate of drug-likeness (QED) is 0.741. The van der Waals surface area contributed by atoms with Gasteiger partial charge in [0.25, 0.3) is 0 Å². The van der Waals surface area contributed by atoms with Crippen LogP contribution in [0.4, 0.5) is 5.69 Å². The van der Waals surface area contributed by atoms with E-state index in [1.165, 1.54) is 32.4 Å². The van der Waals surface area contributed by atoms with E-state index in [1.54, 1.807) is 25.3 Å². The Hall–Kier alpha value is -2.26. The van der Waals surface area contributed by atoms with Crippen LogP contribution in [-0.4, -0.2) is 44.2 Å². The Morgan fingerprint density at radius 3 is 2.79 bits per heavy atom. The van der Waals surface area contributed by atoms with Gasteiger partial charge in [-0.15, -0.1) is 0 Å². The summed E-state index contributed by atoms with van der Waals surface area (Å²) in [5.74, 6) is 0.895. The van der Waals surface area contributed by atoms with Gasteiger partial charge < -0.3 is 19.7 Å². The van der Waals surface area contributed by atoms with Crippen LogP contribution in [-0.2, 0) is 4.79 Å². The molecule has 1 aromatic carbocycles. The van der Waals surface area contributed by atoms with Crippen molar-refractivity contribution in [1.82, 2.24) is 4.90 Å². The Morgan fingerprint density at radius 2 is 2.08 bits per heavy atom. The lowest BCUT2D eigenvalue weighted by Crippen LogP contribution is -2.31. The van der Waals surface area contributed by atoms with Crippen molar-refractivity contribution in [2.75, 3.05) is 38.7 Å². The van der Waals surface area contributed by atoms with E-state index in [1.807, 2.05) is 6.07 Å². The minimum Gasteiger partial charge on any atom is -0.493 e. The Morgan fingerprint density at radius 1 is 1.29 bits per heavy atom. The van der Waals surface area contributed by atoms with Crippen molar-refractivity contribution in [3.63, 3.8) is 0 Å². The molecule has 0 atom stereocenters. The third kappa shape index (κ3) is 5.74. The molecule has 130 valence electrons. The van der Waals surface area contributed by atoms with E-state index in [0.717, 1.165) is 13.0 Å². The fraction of sp³-hybridized carbons (Fsp3) is 0.556. The van der Waals surface area contributed by atoms with Crippen LogP contribution in [0.5, 0.6) is 11.5 Å². The molecule has 0 unspecified atom stereocenters. The number of rotatable bonds is 8. The molecule has 1 aliphatic rings. The first kappa shape index (κ1) is 18.1. The number of methoxy groups -OCH3 is 1. The fourth-order valence-electron chi connectivity index (χ4n) is 2.79. The van der Waals surface area contributed by atoms with Gasteiger partial charge in [-0.2, -0.15) is 5.26 Å². The molecular formula is C18H25N3O3. The molecule has 24 heavy (non-hydrogen) atoms. The number of carbonyl (C=O) groups is 1. The van der Waals surface area contributed by atoms with Crippen molar-refractivity contribution in [3.8, 4) is 17.6 Å². The molecule has 6 heteroatoms. The molecule has 6 nitrogen and oxygen atoms in total. The van der Waals surface area contributed by atoms with Crippen molar-refractivity contribution < 1.29 is 14.3 Å². The predicted octanol–water partition coefficient (Wildman–Crippen LogP) is 2.80. The number of nitriles is 1. The van der Waals surface area contributed by atoms with Crippen molar-refractivity contribution in [1.29, 1.82) is 5.26 Å². The van der Waals surface area contributed by atoms with Crippen molar-refractivity contribution >= 4 is 11.6 Å². The van der Waals surface area contributed by atoms with Gasteiger partial charge in [-0.25, -0.2) is 0 Å². The van der Waals surface area contributed by atoms with Crippen molar-refractivity contribution in [3.05, 3.63) is 18.2 Å². The molecule has 1 saturated heterocycles. The third-order valence-electron chi connectivity index (χ3n) is 4.01. The van der Waals surface area contributed by atoms with E-state index in [0.29, 0.717) is 23.8 Å². The molecule has 1 fully saturated rings. The molecule has 1 N–H and O–H groups in total. The van der Waals surface area contributed by atoms with E-state index in [2.05, 4.69) is 10.2 Å². The predicted molar refractivity (Wildman–Crippen MR) is 92.3 cm³/mol. The summed E-state index contributed by atoms with van der Waals surface area (Å²) < 4.78 is 11.1.